The molecule has 4 aromatic carbocycles. The quantitative estimate of drug-likeness (QED) is 0.304. The summed E-state index contributed by atoms with van der Waals surface area (Å²) in [5, 5.41) is 3.04. The molecular formula is C26H20ClFN2O4S. The third kappa shape index (κ3) is 6.24. The van der Waals surface area contributed by atoms with Crippen LogP contribution in [0, 0.1) is 5.82 Å². The van der Waals surface area contributed by atoms with E-state index in [-0.39, 0.29) is 12.1 Å². The van der Waals surface area contributed by atoms with E-state index in [2.05, 4.69) is 10.0 Å². The number of carbonyl (C=O) groups is 1. The molecule has 0 atom stereocenters. The van der Waals surface area contributed by atoms with Gasteiger partial charge in [-0.15, -0.1) is 0 Å². The topological polar surface area (TPSA) is 84.5 Å². The lowest BCUT2D eigenvalue weighted by atomic mass is 10.2. The molecule has 178 valence electrons. The fraction of sp³-hybridized carbons (Fsp3) is 0.0385. The van der Waals surface area contributed by atoms with Gasteiger partial charge in [0.1, 0.15) is 22.2 Å². The number of nitrogens with one attached hydrogen (secondary N) is 2. The second-order valence-corrected chi connectivity index (χ2v) is 9.60. The molecule has 0 bridgehead atoms. The number of hydrogen-bond acceptors (Lipinski definition) is 4. The number of halogens is 2. The van der Waals surface area contributed by atoms with Gasteiger partial charge in [0.05, 0.1) is 0 Å². The molecule has 0 aliphatic heterocycles. The van der Waals surface area contributed by atoms with Gasteiger partial charge in [0, 0.05) is 22.8 Å². The highest BCUT2D eigenvalue weighted by Crippen LogP contribution is 2.24. The van der Waals surface area contributed by atoms with E-state index < -0.39 is 26.6 Å². The highest BCUT2D eigenvalue weighted by molar-refractivity contribution is 7.89. The van der Waals surface area contributed by atoms with Gasteiger partial charge in [-0.25, -0.2) is 17.5 Å². The number of carbonyl (C=O) groups excluding carboxylic acids is 1. The average Bonchev–Trinajstić information content (AvgIpc) is 2.85. The van der Waals surface area contributed by atoms with Gasteiger partial charge in [-0.3, -0.25) is 4.79 Å². The summed E-state index contributed by atoms with van der Waals surface area (Å²) in [5.41, 5.74) is 0.974. The number of hydrogen-bond donors (Lipinski definition) is 2. The number of ether oxygens (including phenoxy) is 1. The molecule has 35 heavy (non-hydrogen) atoms. The molecule has 4 aromatic rings. The zero-order valence-corrected chi connectivity index (χ0v) is 19.8. The molecule has 0 saturated carbocycles. The van der Waals surface area contributed by atoms with Crippen molar-refractivity contribution in [3.8, 4) is 11.5 Å². The first-order valence-electron chi connectivity index (χ1n) is 10.5. The number of sulfonamides is 1. The second-order valence-electron chi connectivity index (χ2n) is 7.45. The Bertz CT molecular complexity index is 1450. The molecule has 0 heterocycles. The minimum absolute atomic E-state index is 0.0193. The van der Waals surface area contributed by atoms with Crippen LogP contribution >= 0.6 is 11.6 Å². The van der Waals surface area contributed by atoms with Crippen molar-refractivity contribution in [2.75, 3.05) is 5.32 Å². The Hall–Kier alpha value is -3.72. The molecule has 0 saturated heterocycles. The highest BCUT2D eigenvalue weighted by Gasteiger charge is 2.21. The zero-order chi connectivity index (χ0) is 24.8. The molecule has 0 aromatic heterocycles. The minimum Gasteiger partial charge on any atom is -0.457 e. The summed E-state index contributed by atoms with van der Waals surface area (Å²) < 4.78 is 47.9. The first-order chi connectivity index (χ1) is 16.8. The van der Waals surface area contributed by atoms with Crippen LogP contribution in [0.2, 0.25) is 5.02 Å². The maximum absolute atomic E-state index is 14.4. The first-order valence-corrected chi connectivity index (χ1v) is 12.3. The van der Waals surface area contributed by atoms with Gasteiger partial charge in [0.25, 0.3) is 5.91 Å². The molecule has 2 N–H and O–H groups in total. The molecular weight excluding hydrogens is 491 g/mol. The van der Waals surface area contributed by atoms with Gasteiger partial charge < -0.3 is 10.1 Å². The largest absolute Gasteiger partial charge is 0.457 e. The minimum atomic E-state index is -4.25. The van der Waals surface area contributed by atoms with Crippen molar-refractivity contribution in [2.45, 2.75) is 11.4 Å². The Labute approximate surface area is 207 Å². The lowest BCUT2D eigenvalue weighted by Crippen LogP contribution is -2.25. The van der Waals surface area contributed by atoms with Crippen LogP contribution in [0.1, 0.15) is 15.9 Å². The third-order valence-corrected chi connectivity index (χ3v) is 6.77. The highest BCUT2D eigenvalue weighted by atomic mass is 35.5. The van der Waals surface area contributed by atoms with E-state index in [1.165, 1.54) is 6.07 Å². The van der Waals surface area contributed by atoms with Crippen LogP contribution in [0.5, 0.6) is 11.5 Å². The predicted molar refractivity (Wildman–Crippen MR) is 133 cm³/mol. The molecule has 0 fully saturated rings. The van der Waals surface area contributed by atoms with Crippen molar-refractivity contribution in [1.82, 2.24) is 4.72 Å². The Morgan fingerprint density at radius 1 is 0.857 bits per heavy atom. The van der Waals surface area contributed by atoms with Gasteiger partial charge >= 0.3 is 0 Å². The average molecular weight is 511 g/mol. The number of para-hydroxylation sites is 1. The van der Waals surface area contributed by atoms with Crippen LogP contribution in [-0.4, -0.2) is 14.3 Å². The van der Waals surface area contributed by atoms with E-state index >= 15 is 0 Å². The summed E-state index contributed by atoms with van der Waals surface area (Å²) in [6.45, 7) is -0.130. The summed E-state index contributed by atoms with van der Waals surface area (Å²) in [6, 6.07) is 25.7. The Balaban J connectivity index is 1.45. The maximum atomic E-state index is 14.4. The summed E-state index contributed by atoms with van der Waals surface area (Å²) in [7, 11) is -4.25. The van der Waals surface area contributed by atoms with E-state index in [4.69, 9.17) is 16.3 Å². The Morgan fingerprint density at radius 2 is 1.51 bits per heavy atom. The zero-order valence-electron chi connectivity index (χ0n) is 18.2. The number of benzene rings is 4. The summed E-state index contributed by atoms with van der Waals surface area (Å²) in [4.78, 5) is 12.1. The fourth-order valence-corrected chi connectivity index (χ4v) is 4.49. The molecule has 0 unspecified atom stereocenters. The number of anilines is 1. The lowest BCUT2D eigenvalue weighted by Gasteiger charge is -2.11. The van der Waals surface area contributed by atoms with E-state index in [0.717, 1.165) is 12.1 Å². The monoisotopic (exact) mass is 510 g/mol. The molecule has 0 spiro atoms. The summed E-state index contributed by atoms with van der Waals surface area (Å²) in [5.74, 6) is -0.318. The van der Waals surface area contributed by atoms with Crippen LogP contribution in [0.4, 0.5) is 10.1 Å². The van der Waals surface area contributed by atoms with Crippen molar-refractivity contribution >= 4 is 33.2 Å². The van der Waals surface area contributed by atoms with Crippen LogP contribution in [0.15, 0.2) is 102 Å². The van der Waals surface area contributed by atoms with Crippen molar-refractivity contribution in [2.24, 2.45) is 0 Å². The number of amides is 1. The van der Waals surface area contributed by atoms with Crippen LogP contribution in [0.3, 0.4) is 0 Å². The number of rotatable bonds is 8. The van der Waals surface area contributed by atoms with Crippen LogP contribution in [-0.2, 0) is 16.6 Å². The smallest absolute Gasteiger partial charge is 0.255 e. The lowest BCUT2D eigenvalue weighted by molar-refractivity contribution is 0.102. The van der Waals surface area contributed by atoms with Crippen molar-refractivity contribution in [3.63, 3.8) is 0 Å². The van der Waals surface area contributed by atoms with E-state index in [9.17, 15) is 17.6 Å². The van der Waals surface area contributed by atoms with E-state index in [1.54, 1.807) is 48.5 Å². The normalized spacial score (nSPS) is 11.1. The SMILES string of the molecule is O=C(Nc1ccc(Oc2ccccc2)cc1)c1ccc(F)c(S(=O)(=O)NCc2ccccc2Cl)c1. The molecule has 0 aliphatic carbocycles. The predicted octanol–water partition coefficient (Wildman–Crippen LogP) is 6.00. The molecule has 9 heteroatoms. The van der Waals surface area contributed by atoms with Gasteiger partial charge in [-0.1, -0.05) is 48.0 Å². The van der Waals surface area contributed by atoms with E-state index in [0.29, 0.717) is 27.8 Å². The molecule has 6 nitrogen and oxygen atoms in total. The van der Waals surface area contributed by atoms with E-state index in [1.807, 2.05) is 30.3 Å². The van der Waals surface area contributed by atoms with Gasteiger partial charge in [0.15, 0.2) is 0 Å². The van der Waals surface area contributed by atoms with Crippen molar-refractivity contribution in [1.29, 1.82) is 0 Å². The van der Waals surface area contributed by atoms with Gasteiger partial charge in [-0.05, 0) is 66.2 Å². The second kappa shape index (κ2) is 10.7. The molecule has 0 radical (unpaired) electrons. The van der Waals surface area contributed by atoms with Gasteiger partial charge in [0.2, 0.25) is 10.0 Å². The van der Waals surface area contributed by atoms with Crippen molar-refractivity contribution < 1.29 is 22.3 Å². The van der Waals surface area contributed by atoms with Crippen LogP contribution < -0.4 is 14.8 Å². The molecule has 1 amide bonds. The third-order valence-electron chi connectivity index (χ3n) is 4.98. The van der Waals surface area contributed by atoms with Gasteiger partial charge in [-0.2, -0.15) is 0 Å². The first kappa shape index (κ1) is 24.4. The standard InChI is InChI=1S/C26H20ClFN2O4S/c27-23-9-5-4-6-19(23)17-29-35(32,33)25-16-18(10-15-24(25)28)26(31)30-20-11-13-22(14-12-20)34-21-7-2-1-3-8-21/h1-16,29H,17H2,(H,30,31). The fourth-order valence-electron chi connectivity index (χ4n) is 3.18. The summed E-state index contributed by atoms with van der Waals surface area (Å²) in [6.07, 6.45) is 0. The van der Waals surface area contributed by atoms with Crippen LogP contribution in [0.25, 0.3) is 0 Å². The Kier molecular flexibility index (Phi) is 7.45. The summed E-state index contributed by atoms with van der Waals surface area (Å²) >= 11 is 6.05. The molecule has 4 rings (SSSR count). The maximum Gasteiger partial charge on any atom is 0.255 e. The van der Waals surface area contributed by atoms with Crippen molar-refractivity contribution in [3.05, 3.63) is 119 Å². The Morgan fingerprint density at radius 3 is 2.23 bits per heavy atom. The molecule has 0 aliphatic rings.